The topological polar surface area (TPSA) is 148 Å². The second-order valence-electron chi connectivity index (χ2n) is 4.91. The van der Waals surface area contributed by atoms with Gasteiger partial charge in [0, 0.05) is 10.5 Å². The van der Waals surface area contributed by atoms with Crippen molar-refractivity contribution in [2.24, 2.45) is 0 Å². The molecule has 2 rings (SSSR count). The average molecular weight is 579 g/mol. The van der Waals surface area contributed by atoms with Gasteiger partial charge in [0.05, 0.1) is 7.11 Å². The molecule has 11 nitrogen and oxygen atoms in total. The molecule has 30 heavy (non-hydrogen) atoms. The summed E-state index contributed by atoms with van der Waals surface area (Å²) in [5.41, 5.74) is -0.139. The Morgan fingerprint density at radius 2 is 1.97 bits per heavy atom. The Morgan fingerprint density at radius 1 is 1.27 bits per heavy atom. The van der Waals surface area contributed by atoms with E-state index in [1.165, 1.54) is 37.4 Å². The maximum atomic E-state index is 12.1. The number of rotatable bonds is 8. The largest absolute Gasteiger partial charge is 1.00 e. The Morgan fingerprint density at radius 3 is 2.63 bits per heavy atom. The van der Waals surface area contributed by atoms with Gasteiger partial charge in [0.1, 0.15) is 23.3 Å². The molecular weight excluding hydrogens is 566 g/mol. The molecule has 0 radical (unpaired) electrons. The van der Waals surface area contributed by atoms with E-state index in [0.29, 0.717) is 4.43 Å². The maximum Gasteiger partial charge on any atom is 1.00 e. The van der Waals surface area contributed by atoms with Crippen molar-refractivity contribution in [3.63, 3.8) is 0 Å². The number of halogens is 2. The van der Waals surface area contributed by atoms with E-state index in [2.05, 4.69) is 14.7 Å². The van der Waals surface area contributed by atoms with Crippen LogP contribution in [0.1, 0.15) is 10.4 Å². The van der Waals surface area contributed by atoms with Crippen LogP contribution in [0.2, 0.25) is 5.15 Å². The summed E-state index contributed by atoms with van der Waals surface area (Å²) < 4.78 is 42.2. The van der Waals surface area contributed by atoms with Gasteiger partial charge in [0.25, 0.3) is 0 Å². The molecule has 0 spiro atoms. The number of carbonyl (C=O) groups is 2. The van der Waals surface area contributed by atoms with Crippen LogP contribution in [0.5, 0.6) is 11.6 Å². The van der Waals surface area contributed by atoms with Crippen LogP contribution >= 0.6 is 34.2 Å². The summed E-state index contributed by atoms with van der Waals surface area (Å²) in [7, 11) is -3.46. The molecule has 0 saturated carbocycles. The molecule has 0 unspecified atom stereocenters. The first-order valence-corrected chi connectivity index (χ1v) is 10.9. The fraction of sp³-hybridized carbons (Fsp3) is 0.200. The van der Waals surface area contributed by atoms with Crippen LogP contribution in [0.3, 0.4) is 0 Å². The number of urea groups is 1. The van der Waals surface area contributed by atoms with Gasteiger partial charge in [0.15, 0.2) is 11.8 Å². The molecule has 2 amide bonds. The van der Waals surface area contributed by atoms with Crippen molar-refractivity contribution in [3.05, 3.63) is 45.8 Å². The number of methoxy groups -OCH3 is 1. The molecule has 0 atom stereocenters. The van der Waals surface area contributed by atoms with Gasteiger partial charge in [-0.3, -0.25) is 9.52 Å². The summed E-state index contributed by atoms with van der Waals surface area (Å²) in [5, 5.41) is 1.97. The number of alkyl halides is 1. The van der Waals surface area contributed by atoms with Crippen molar-refractivity contribution in [3.8, 4) is 11.6 Å². The summed E-state index contributed by atoms with van der Waals surface area (Å²) in [4.78, 5) is 31.4. The van der Waals surface area contributed by atoms with Crippen LogP contribution in [-0.4, -0.2) is 48.5 Å². The first-order chi connectivity index (χ1) is 13.7. The normalized spacial score (nSPS) is 10.4. The van der Waals surface area contributed by atoms with Gasteiger partial charge in [-0.25, -0.2) is 9.78 Å². The minimum absolute atomic E-state index is 0. The molecule has 1 aromatic carbocycles. The van der Waals surface area contributed by atoms with Gasteiger partial charge in [-0.2, -0.15) is 13.4 Å². The van der Waals surface area contributed by atoms with Crippen molar-refractivity contribution in [1.82, 2.24) is 9.97 Å². The number of esters is 1. The molecule has 0 bridgehead atoms. The predicted molar refractivity (Wildman–Crippen MR) is 111 cm³/mol. The molecular formula is C15H13ClIN4NaO7S. The molecule has 1 heterocycles. The molecule has 0 saturated heterocycles. The van der Waals surface area contributed by atoms with Crippen LogP contribution in [0, 0.1) is 0 Å². The number of anilines is 1. The van der Waals surface area contributed by atoms with Crippen molar-refractivity contribution in [1.29, 1.82) is 0 Å². The van der Waals surface area contributed by atoms with Crippen LogP contribution in [-0.2, 0) is 15.0 Å². The first-order valence-electron chi connectivity index (χ1n) is 7.63. The van der Waals surface area contributed by atoms with Gasteiger partial charge < -0.3 is 19.0 Å². The number of para-hydroxylation sites is 1. The van der Waals surface area contributed by atoms with Crippen LogP contribution in [0.4, 0.5) is 10.7 Å². The smallest absolute Gasteiger partial charge is 0.481 e. The van der Waals surface area contributed by atoms with Crippen LogP contribution in [0.15, 0.2) is 30.3 Å². The third-order valence-corrected chi connectivity index (χ3v) is 4.32. The third-order valence-electron chi connectivity index (χ3n) is 2.91. The molecule has 0 aliphatic heterocycles. The van der Waals surface area contributed by atoms with Crippen molar-refractivity contribution >= 4 is 62.4 Å². The third kappa shape index (κ3) is 8.39. The van der Waals surface area contributed by atoms with Crippen molar-refractivity contribution < 1.29 is 61.2 Å². The zero-order valence-electron chi connectivity index (χ0n) is 15.7. The summed E-state index contributed by atoms with van der Waals surface area (Å²) in [6.07, 6.45) is 0. The van der Waals surface area contributed by atoms with E-state index in [-0.39, 0.29) is 64.5 Å². The number of aromatic nitrogens is 2. The number of hydrogen-bond acceptors (Lipinski definition) is 9. The monoisotopic (exact) mass is 578 g/mol. The van der Waals surface area contributed by atoms with Crippen molar-refractivity contribution in [2.75, 3.05) is 23.5 Å². The number of ether oxygens (including phenoxy) is 2. The van der Waals surface area contributed by atoms with Gasteiger partial charge >= 0.3 is 45.8 Å². The molecule has 1 N–H and O–H groups in total. The molecule has 156 valence electrons. The van der Waals surface area contributed by atoms with E-state index in [4.69, 9.17) is 25.3 Å². The Balaban J connectivity index is 0.00000450. The second-order valence-corrected chi connectivity index (χ2v) is 7.58. The van der Waals surface area contributed by atoms with Gasteiger partial charge in [-0.05, 0) is 12.1 Å². The number of hydrogen-bond donors (Lipinski definition) is 1. The van der Waals surface area contributed by atoms with Gasteiger partial charge in [-0.1, -0.05) is 46.3 Å². The van der Waals surface area contributed by atoms with Gasteiger partial charge in [-0.15, -0.1) is 0 Å². The number of benzene rings is 1. The molecule has 0 fully saturated rings. The zero-order chi connectivity index (χ0) is 21.4. The van der Waals surface area contributed by atoms with E-state index in [1.54, 1.807) is 0 Å². The summed E-state index contributed by atoms with van der Waals surface area (Å²) in [6.45, 7) is 0.135. The van der Waals surface area contributed by atoms with Crippen LogP contribution in [0.25, 0.3) is 4.72 Å². The standard InChI is InChI=1S/C15H14ClIN4O7S.Na/c1-26-12-8-11(16)18-14(19-12)20-15(23)21-29(24,25)28-10-5-3-2-4-9(10)13(22)27-7-6-17;/h2-5,8H,6-7H2,1H3,(H2,18,19,20,21,23);/q;+1/p-1. The van der Waals surface area contributed by atoms with E-state index in [9.17, 15) is 18.0 Å². The fourth-order valence-electron chi connectivity index (χ4n) is 1.83. The number of amides is 2. The summed E-state index contributed by atoms with van der Waals surface area (Å²) >= 11 is 7.74. The molecule has 2 aromatic rings. The van der Waals surface area contributed by atoms with E-state index in [1.807, 2.05) is 27.9 Å². The van der Waals surface area contributed by atoms with E-state index in [0.717, 1.165) is 0 Å². The molecule has 0 aliphatic rings. The molecule has 0 aliphatic carbocycles. The SMILES string of the molecule is COc1cc(Cl)nc(NC(=O)[N-]S(=O)(=O)Oc2ccccc2C(=O)OCCI)n1.[Na+]. The first kappa shape index (κ1) is 26.6. The number of nitrogens with zero attached hydrogens (tertiary/aromatic N) is 3. The van der Waals surface area contributed by atoms with E-state index < -0.39 is 22.3 Å². The second kappa shape index (κ2) is 12.5. The average Bonchev–Trinajstić information content (AvgIpc) is 2.65. The zero-order valence-corrected chi connectivity index (χ0v) is 21.4. The minimum Gasteiger partial charge on any atom is -0.481 e. The minimum atomic E-state index is -4.77. The molecule has 1 aromatic heterocycles. The van der Waals surface area contributed by atoms with Crippen LogP contribution < -0.4 is 43.8 Å². The Kier molecular flexibility index (Phi) is 11.1. The predicted octanol–water partition coefficient (Wildman–Crippen LogP) is -0.0362. The maximum absolute atomic E-state index is 12.1. The Labute approximate surface area is 212 Å². The van der Waals surface area contributed by atoms with Crippen molar-refractivity contribution in [2.45, 2.75) is 0 Å². The van der Waals surface area contributed by atoms with E-state index >= 15 is 0 Å². The Hall–Kier alpha value is -1.39. The summed E-state index contributed by atoms with van der Waals surface area (Å²) in [5.74, 6) is -1.42. The fourth-order valence-corrected chi connectivity index (χ4v) is 2.88. The quantitative estimate of drug-likeness (QED) is 0.150. The summed E-state index contributed by atoms with van der Waals surface area (Å²) in [6, 6.07) is 5.39. The van der Waals surface area contributed by atoms with Gasteiger partial charge in [0.2, 0.25) is 5.88 Å². The Bertz CT molecular complexity index is 1010. The number of nitrogens with one attached hydrogen (secondary N) is 1. The number of carbonyl (C=O) groups excluding carboxylic acids is 2. The molecule has 15 heteroatoms.